The van der Waals surface area contributed by atoms with Crippen LogP contribution in [0.2, 0.25) is 0 Å². The fraction of sp³-hybridized carbons (Fsp3) is 0.571. The van der Waals surface area contributed by atoms with Gasteiger partial charge in [0.25, 0.3) is 0 Å². The Morgan fingerprint density at radius 2 is 1.81 bits per heavy atom. The molecule has 0 saturated carbocycles. The van der Waals surface area contributed by atoms with Crippen LogP contribution >= 0.6 is 0 Å². The minimum atomic E-state index is 0.802. The number of unbranched alkanes of at least 4 members (excludes halogenated alkanes) is 1. The van der Waals surface area contributed by atoms with Gasteiger partial charge in [-0.25, -0.2) is 0 Å². The summed E-state index contributed by atoms with van der Waals surface area (Å²) in [5.41, 5.74) is 1.30. The molecule has 0 bridgehead atoms. The number of ether oxygens (including phenoxy) is 1. The third-order valence-corrected chi connectivity index (χ3v) is 2.61. The van der Waals surface area contributed by atoms with Gasteiger partial charge in [-0.2, -0.15) is 0 Å². The number of hydrogen-bond acceptors (Lipinski definition) is 2. The third-order valence-electron chi connectivity index (χ3n) is 2.61. The maximum Gasteiger partial charge on any atom is 0.0641 e. The van der Waals surface area contributed by atoms with Gasteiger partial charge in [-0.3, -0.25) is 0 Å². The van der Waals surface area contributed by atoms with Crippen LogP contribution in [0.5, 0.6) is 0 Å². The van der Waals surface area contributed by atoms with Gasteiger partial charge in [0.05, 0.1) is 6.61 Å². The molecule has 0 unspecified atom stereocenters. The molecule has 90 valence electrons. The summed E-state index contributed by atoms with van der Waals surface area (Å²) < 4.78 is 5.42. The molecule has 0 aromatic heterocycles. The molecule has 0 heterocycles. The average Bonchev–Trinajstić information content (AvgIpc) is 2.35. The summed E-state index contributed by atoms with van der Waals surface area (Å²) in [6.07, 6.45) is 2.47. The molecule has 1 rings (SSSR count). The first-order valence-electron chi connectivity index (χ1n) is 6.26. The van der Waals surface area contributed by atoms with E-state index in [-0.39, 0.29) is 0 Å². The highest BCUT2D eigenvalue weighted by atomic mass is 16.5. The SMILES string of the molecule is CCCCN(CCOCC)c1ccccc1. The maximum absolute atomic E-state index is 5.42. The molecule has 0 saturated heterocycles. The van der Waals surface area contributed by atoms with Crippen LogP contribution in [0.1, 0.15) is 26.7 Å². The zero-order valence-corrected chi connectivity index (χ0v) is 10.5. The van der Waals surface area contributed by atoms with Crippen molar-refractivity contribution in [2.45, 2.75) is 26.7 Å². The second-order valence-corrected chi connectivity index (χ2v) is 3.87. The van der Waals surface area contributed by atoms with E-state index in [0.29, 0.717) is 0 Å². The number of rotatable bonds is 8. The number of para-hydroxylation sites is 1. The fourth-order valence-corrected chi connectivity index (χ4v) is 1.68. The second-order valence-electron chi connectivity index (χ2n) is 3.87. The van der Waals surface area contributed by atoms with E-state index in [9.17, 15) is 0 Å². The monoisotopic (exact) mass is 221 g/mol. The Balaban J connectivity index is 2.49. The van der Waals surface area contributed by atoms with Gasteiger partial charge in [0, 0.05) is 25.4 Å². The topological polar surface area (TPSA) is 12.5 Å². The first-order valence-corrected chi connectivity index (χ1v) is 6.26. The zero-order chi connectivity index (χ0) is 11.6. The molecule has 2 heteroatoms. The van der Waals surface area contributed by atoms with Gasteiger partial charge < -0.3 is 9.64 Å². The van der Waals surface area contributed by atoms with Crippen molar-refractivity contribution in [1.82, 2.24) is 0 Å². The number of anilines is 1. The Hall–Kier alpha value is -1.02. The molecule has 0 spiro atoms. The first-order chi connectivity index (χ1) is 7.88. The number of benzene rings is 1. The Bertz CT molecular complexity index is 261. The van der Waals surface area contributed by atoms with Crippen LogP contribution in [0.3, 0.4) is 0 Å². The lowest BCUT2D eigenvalue weighted by atomic mass is 10.2. The molecule has 16 heavy (non-hydrogen) atoms. The van der Waals surface area contributed by atoms with E-state index in [1.54, 1.807) is 0 Å². The van der Waals surface area contributed by atoms with Crippen molar-refractivity contribution >= 4 is 5.69 Å². The lowest BCUT2D eigenvalue weighted by Gasteiger charge is -2.24. The van der Waals surface area contributed by atoms with E-state index in [2.05, 4.69) is 42.2 Å². The summed E-state index contributed by atoms with van der Waals surface area (Å²) >= 11 is 0. The van der Waals surface area contributed by atoms with Crippen molar-refractivity contribution in [2.24, 2.45) is 0 Å². The Labute approximate surface area is 99.2 Å². The maximum atomic E-state index is 5.42. The molecular weight excluding hydrogens is 198 g/mol. The van der Waals surface area contributed by atoms with Gasteiger partial charge in [-0.1, -0.05) is 31.5 Å². The highest BCUT2D eigenvalue weighted by molar-refractivity contribution is 5.45. The lowest BCUT2D eigenvalue weighted by Crippen LogP contribution is -2.28. The minimum Gasteiger partial charge on any atom is -0.380 e. The van der Waals surface area contributed by atoms with Crippen molar-refractivity contribution in [3.63, 3.8) is 0 Å². The summed E-state index contributed by atoms with van der Waals surface area (Å²) in [5.74, 6) is 0. The van der Waals surface area contributed by atoms with Crippen molar-refractivity contribution in [3.05, 3.63) is 30.3 Å². The van der Waals surface area contributed by atoms with Crippen LogP contribution in [-0.2, 0) is 4.74 Å². The average molecular weight is 221 g/mol. The minimum absolute atomic E-state index is 0.802. The normalized spacial score (nSPS) is 10.4. The lowest BCUT2D eigenvalue weighted by molar-refractivity contribution is 0.153. The molecule has 0 aliphatic heterocycles. The van der Waals surface area contributed by atoms with E-state index in [4.69, 9.17) is 4.74 Å². The van der Waals surface area contributed by atoms with Gasteiger partial charge in [-0.05, 0) is 25.5 Å². The highest BCUT2D eigenvalue weighted by Gasteiger charge is 2.04. The van der Waals surface area contributed by atoms with Gasteiger partial charge in [-0.15, -0.1) is 0 Å². The van der Waals surface area contributed by atoms with Crippen molar-refractivity contribution < 1.29 is 4.74 Å². The second kappa shape index (κ2) is 8.17. The van der Waals surface area contributed by atoms with Crippen molar-refractivity contribution in [2.75, 3.05) is 31.2 Å². The van der Waals surface area contributed by atoms with Crippen LogP contribution in [0.4, 0.5) is 5.69 Å². The zero-order valence-electron chi connectivity index (χ0n) is 10.5. The number of nitrogens with zero attached hydrogens (tertiary/aromatic N) is 1. The molecule has 1 aromatic carbocycles. The largest absolute Gasteiger partial charge is 0.380 e. The van der Waals surface area contributed by atoms with Gasteiger partial charge in [0.2, 0.25) is 0 Å². The summed E-state index contributed by atoms with van der Waals surface area (Å²) in [7, 11) is 0. The van der Waals surface area contributed by atoms with Crippen molar-refractivity contribution in [1.29, 1.82) is 0 Å². The molecule has 0 aliphatic carbocycles. The third kappa shape index (κ3) is 4.67. The smallest absolute Gasteiger partial charge is 0.0641 e. The van der Waals surface area contributed by atoms with Crippen LogP contribution in [-0.4, -0.2) is 26.3 Å². The highest BCUT2D eigenvalue weighted by Crippen LogP contribution is 2.13. The van der Waals surface area contributed by atoms with Gasteiger partial charge in [0.1, 0.15) is 0 Å². The van der Waals surface area contributed by atoms with Gasteiger partial charge >= 0.3 is 0 Å². The summed E-state index contributed by atoms with van der Waals surface area (Å²) in [6, 6.07) is 10.6. The van der Waals surface area contributed by atoms with E-state index in [0.717, 1.165) is 26.3 Å². The molecule has 0 N–H and O–H groups in total. The van der Waals surface area contributed by atoms with E-state index < -0.39 is 0 Å². The molecule has 0 amide bonds. The molecule has 0 radical (unpaired) electrons. The van der Waals surface area contributed by atoms with E-state index in [1.807, 2.05) is 6.92 Å². The number of hydrogen-bond donors (Lipinski definition) is 0. The molecule has 2 nitrogen and oxygen atoms in total. The summed E-state index contributed by atoms with van der Waals surface area (Å²) in [5, 5.41) is 0. The van der Waals surface area contributed by atoms with Crippen LogP contribution in [0.25, 0.3) is 0 Å². The van der Waals surface area contributed by atoms with E-state index >= 15 is 0 Å². The predicted octanol–water partition coefficient (Wildman–Crippen LogP) is 3.33. The molecule has 0 aliphatic rings. The molecular formula is C14H23NO. The van der Waals surface area contributed by atoms with Crippen molar-refractivity contribution in [3.8, 4) is 0 Å². The quantitative estimate of drug-likeness (QED) is 0.624. The Morgan fingerprint density at radius 3 is 2.44 bits per heavy atom. The van der Waals surface area contributed by atoms with Crippen LogP contribution in [0.15, 0.2) is 30.3 Å². The molecule has 0 atom stereocenters. The summed E-state index contributed by atoms with van der Waals surface area (Å²) in [6.45, 7) is 7.99. The molecule has 0 fully saturated rings. The van der Waals surface area contributed by atoms with Crippen LogP contribution in [0, 0.1) is 0 Å². The molecule has 1 aromatic rings. The predicted molar refractivity (Wildman–Crippen MR) is 70.1 cm³/mol. The van der Waals surface area contributed by atoms with Gasteiger partial charge in [0.15, 0.2) is 0 Å². The Morgan fingerprint density at radius 1 is 1.06 bits per heavy atom. The summed E-state index contributed by atoms with van der Waals surface area (Å²) in [4.78, 5) is 2.40. The fourth-order valence-electron chi connectivity index (χ4n) is 1.68. The standard InChI is InChI=1S/C14H23NO/c1-3-5-11-15(12-13-16-4-2)14-9-7-6-8-10-14/h6-10H,3-5,11-13H2,1-2H3. The first kappa shape index (κ1) is 13.0. The van der Waals surface area contributed by atoms with E-state index in [1.165, 1.54) is 18.5 Å². The Kier molecular flexibility index (Phi) is 6.66. The van der Waals surface area contributed by atoms with Crippen LogP contribution < -0.4 is 4.90 Å².